The van der Waals surface area contributed by atoms with Crippen LogP contribution in [-0.4, -0.2) is 226 Å². The molecule has 22 heteroatoms. The molecular weight excluding hydrogens is 726 g/mol. The molecule has 8 unspecified atom stereocenters. The minimum Gasteiger partial charge on any atom is -0.394 e. The monoisotopic (exact) mass is 779 g/mol. The summed E-state index contributed by atoms with van der Waals surface area (Å²) in [7, 11) is 0. The van der Waals surface area contributed by atoms with E-state index in [4.69, 9.17) is 38.9 Å². The first-order valence-corrected chi connectivity index (χ1v) is 18.2. The van der Waals surface area contributed by atoms with Crippen molar-refractivity contribution in [1.29, 1.82) is 0 Å². The van der Waals surface area contributed by atoms with Gasteiger partial charge in [-0.25, -0.2) is 0 Å². The topological polar surface area (TPSA) is 354 Å². The summed E-state index contributed by atoms with van der Waals surface area (Å²) in [4.78, 5) is 0. The standard InChI is InChI=1S/C30H53NO20S/c31-9-1-3-10(4-2-9)45-27-23(44)24(18(39)14(8-35)46-27)50-28-25(20(41)16(37)11(5-32)47-28)51-29-26(21(42)17(38)12(6-33)48-29)52-30-22(43)19(40)15(36)13(7-34)49-30/h9-30,32-44H,1-8,31H2/t9?,10?,11?,12?,13?,14?,15-,16-,17-,18-,19+,20+,21+,22?,23?,24+,25?,26?,27-,28-,29-,30-/m1/s1. The second-order valence-electron chi connectivity index (χ2n) is 13.8. The molecule has 304 valence electrons. The second-order valence-corrected chi connectivity index (χ2v) is 15.1. The molecule has 0 bridgehead atoms. The molecule has 15 N–H and O–H groups in total. The average Bonchev–Trinajstić information content (AvgIpc) is 3.14. The Hall–Kier alpha value is -0.490. The first-order valence-electron chi connectivity index (χ1n) is 17.3. The van der Waals surface area contributed by atoms with Gasteiger partial charge in [-0.05, 0) is 25.7 Å². The van der Waals surface area contributed by atoms with Gasteiger partial charge in [0.05, 0.1) is 43.9 Å². The number of ether oxygens (including phenoxy) is 7. The fraction of sp³-hybridized carbons (Fsp3) is 1.00. The molecule has 4 heterocycles. The van der Waals surface area contributed by atoms with Crippen LogP contribution in [0, 0.1) is 0 Å². The third-order valence-corrected chi connectivity index (χ3v) is 11.7. The Morgan fingerprint density at radius 2 is 0.942 bits per heavy atom. The highest BCUT2D eigenvalue weighted by atomic mass is 32.2. The highest BCUT2D eigenvalue weighted by Crippen LogP contribution is 2.40. The molecule has 1 saturated carbocycles. The number of nitrogens with two attached hydrogens (primary N) is 1. The number of hydrogen-bond donors (Lipinski definition) is 14. The van der Waals surface area contributed by atoms with Gasteiger partial charge < -0.3 is 105 Å². The molecule has 0 amide bonds. The zero-order chi connectivity index (χ0) is 38.0. The molecular formula is C30H53NO20S. The van der Waals surface area contributed by atoms with Crippen molar-refractivity contribution in [2.75, 3.05) is 26.4 Å². The normalized spacial score (nSPS) is 52.0. The molecule has 1 aliphatic carbocycles. The van der Waals surface area contributed by atoms with E-state index in [1.165, 1.54) is 0 Å². The van der Waals surface area contributed by atoms with Crippen LogP contribution in [0.5, 0.6) is 0 Å². The van der Waals surface area contributed by atoms with Crippen LogP contribution in [0.3, 0.4) is 0 Å². The summed E-state index contributed by atoms with van der Waals surface area (Å²) in [5.74, 6) is 0. The van der Waals surface area contributed by atoms with E-state index in [2.05, 4.69) is 0 Å². The lowest BCUT2D eigenvalue weighted by atomic mass is 9.93. The van der Waals surface area contributed by atoms with Crippen molar-refractivity contribution in [2.24, 2.45) is 5.73 Å². The van der Waals surface area contributed by atoms with E-state index in [1.54, 1.807) is 0 Å². The molecule has 0 aromatic rings. The van der Waals surface area contributed by atoms with Crippen molar-refractivity contribution in [3.05, 3.63) is 0 Å². The first-order chi connectivity index (χ1) is 24.7. The Kier molecular flexibility index (Phi) is 15.3. The Balaban J connectivity index is 1.40. The zero-order valence-corrected chi connectivity index (χ0v) is 28.8. The van der Waals surface area contributed by atoms with Crippen LogP contribution in [-0.2, 0) is 33.2 Å². The summed E-state index contributed by atoms with van der Waals surface area (Å²) in [6.07, 6.45) is -28.3. The van der Waals surface area contributed by atoms with Crippen LogP contribution < -0.4 is 5.73 Å². The molecule has 4 aliphatic heterocycles. The van der Waals surface area contributed by atoms with E-state index in [1.807, 2.05) is 0 Å². The maximum absolute atomic E-state index is 11.3. The minimum atomic E-state index is -1.96. The molecule has 0 aromatic carbocycles. The van der Waals surface area contributed by atoms with E-state index in [-0.39, 0.29) is 12.1 Å². The largest absolute Gasteiger partial charge is 0.394 e. The number of aliphatic hydroxyl groups is 13. The van der Waals surface area contributed by atoms with Gasteiger partial charge in [0.2, 0.25) is 0 Å². The summed E-state index contributed by atoms with van der Waals surface area (Å²) in [6, 6.07) is -0.0119. The Bertz CT molecular complexity index is 1100. The lowest BCUT2D eigenvalue weighted by molar-refractivity contribution is -0.382. The van der Waals surface area contributed by atoms with E-state index in [9.17, 15) is 66.4 Å². The lowest BCUT2D eigenvalue weighted by Gasteiger charge is -2.49. The fourth-order valence-electron chi connectivity index (χ4n) is 7.01. The molecule has 5 fully saturated rings. The fourth-order valence-corrected chi connectivity index (χ4v) is 8.42. The molecule has 4 saturated heterocycles. The van der Waals surface area contributed by atoms with Gasteiger partial charge in [0.15, 0.2) is 18.9 Å². The number of thioether (sulfide) groups is 1. The van der Waals surface area contributed by atoms with Gasteiger partial charge in [0.25, 0.3) is 0 Å². The SMILES string of the molecule is NC1CCC(O[C@@H]2OC(CO)[C@@H](O)[C@H](O[C@H]3OC(CO)[C@@H](O)[C@H](O)C3O[C@H]3OC(CO)[C@@H](O)[C@H](O)C3S[C@H]3OC(CO)[C@@H](O)[C@H](O)C3O)C2O)CC1. The molecule has 0 aromatic heterocycles. The van der Waals surface area contributed by atoms with Crippen molar-refractivity contribution in [2.45, 2.75) is 159 Å². The van der Waals surface area contributed by atoms with E-state index >= 15 is 0 Å². The molecule has 0 radical (unpaired) electrons. The van der Waals surface area contributed by atoms with Gasteiger partial charge in [-0.2, -0.15) is 0 Å². The summed E-state index contributed by atoms with van der Waals surface area (Å²) < 4.78 is 40.7. The molecule has 5 aliphatic rings. The number of aliphatic hydroxyl groups excluding tert-OH is 13. The third kappa shape index (κ3) is 9.04. The molecule has 5 rings (SSSR count). The van der Waals surface area contributed by atoms with Crippen LogP contribution in [0.1, 0.15) is 25.7 Å². The van der Waals surface area contributed by atoms with Gasteiger partial charge >= 0.3 is 0 Å². The maximum atomic E-state index is 11.3. The van der Waals surface area contributed by atoms with Crippen LogP contribution in [0.2, 0.25) is 0 Å². The van der Waals surface area contributed by atoms with Crippen molar-refractivity contribution in [1.82, 2.24) is 0 Å². The predicted molar refractivity (Wildman–Crippen MR) is 169 cm³/mol. The van der Waals surface area contributed by atoms with E-state index in [0.717, 1.165) is 0 Å². The molecule has 20 atom stereocenters. The third-order valence-electron chi connectivity index (χ3n) is 10.2. The lowest BCUT2D eigenvalue weighted by Crippen LogP contribution is -2.67. The first kappa shape index (κ1) is 42.6. The van der Waals surface area contributed by atoms with Gasteiger partial charge in [0.1, 0.15) is 90.9 Å². The second kappa shape index (κ2) is 18.6. The van der Waals surface area contributed by atoms with E-state index in [0.29, 0.717) is 37.4 Å². The van der Waals surface area contributed by atoms with Gasteiger partial charge in [-0.15, -0.1) is 11.8 Å². The Labute approximate surface area is 302 Å². The smallest absolute Gasteiger partial charge is 0.187 e. The minimum absolute atomic E-state index is 0.0119. The van der Waals surface area contributed by atoms with Crippen LogP contribution in [0.4, 0.5) is 0 Å². The van der Waals surface area contributed by atoms with Gasteiger partial charge in [0, 0.05) is 6.04 Å². The van der Waals surface area contributed by atoms with Crippen molar-refractivity contribution < 1.29 is 99.5 Å². The van der Waals surface area contributed by atoms with E-state index < -0.39 is 148 Å². The highest BCUT2D eigenvalue weighted by molar-refractivity contribution is 8.00. The summed E-state index contributed by atoms with van der Waals surface area (Å²) >= 11 is 0.550. The summed E-state index contributed by atoms with van der Waals surface area (Å²) in [5.41, 5.74) is 4.50. The van der Waals surface area contributed by atoms with Crippen molar-refractivity contribution in [3.63, 3.8) is 0 Å². The Morgan fingerprint density at radius 1 is 0.462 bits per heavy atom. The van der Waals surface area contributed by atoms with Crippen molar-refractivity contribution in [3.8, 4) is 0 Å². The highest BCUT2D eigenvalue weighted by Gasteiger charge is 2.56. The average molecular weight is 780 g/mol. The molecule has 0 spiro atoms. The quantitative estimate of drug-likeness (QED) is 0.0874. The predicted octanol–water partition coefficient (Wildman–Crippen LogP) is -7.74. The molecule has 52 heavy (non-hydrogen) atoms. The van der Waals surface area contributed by atoms with Crippen LogP contribution >= 0.6 is 11.8 Å². The Morgan fingerprint density at radius 3 is 1.54 bits per heavy atom. The summed E-state index contributed by atoms with van der Waals surface area (Å²) in [6.45, 7) is -3.18. The van der Waals surface area contributed by atoms with Gasteiger partial charge in [-0.3, -0.25) is 0 Å². The van der Waals surface area contributed by atoms with Crippen LogP contribution in [0.15, 0.2) is 0 Å². The van der Waals surface area contributed by atoms with Crippen molar-refractivity contribution >= 4 is 11.8 Å². The maximum Gasteiger partial charge on any atom is 0.187 e. The van der Waals surface area contributed by atoms with Crippen LogP contribution in [0.25, 0.3) is 0 Å². The van der Waals surface area contributed by atoms with Gasteiger partial charge in [-0.1, -0.05) is 0 Å². The zero-order valence-electron chi connectivity index (χ0n) is 28.0. The number of rotatable bonds is 12. The molecule has 21 nitrogen and oxygen atoms in total. The number of hydrogen-bond acceptors (Lipinski definition) is 22. The summed E-state index contributed by atoms with van der Waals surface area (Å²) in [5, 5.41) is 135.